The number of ether oxygens (including phenoxy) is 1. The maximum Gasteiger partial charge on any atom is 0.314 e. The zero-order valence-corrected chi connectivity index (χ0v) is 11.7. The Kier molecular flexibility index (Phi) is 3.19. The maximum absolute atomic E-state index is 14.8. The van der Waals surface area contributed by atoms with Crippen molar-refractivity contribution in [1.29, 1.82) is 0 Å². The van der Waals surface area contributed by atoms with Crippen LogP contribution in [0.25, 0.3) is 0 Å². The van der Waals surface area contributed by atoms with E-state index in [0.29, 0.717) is 36.1 Å². The lowest BCUT2D eigenvalue weighted by Gasteiger charge is -2.39. The SMILES string of the molecule is COc1cc(C2(C(=O)O)CCC2)c(F)c2c1CCCC2. The van der Waals surface area contributed by atoms with E-state index in [-0.39, 0.29) is 5.82 Å². The fourth-order valence-corrected chi connectivity index (χ4v) is 3.52. The third-order valence-corrected chi connectivity index (χ3v) is 4.89. The molecule has 3 rings (SSSR count). The first-order valence-electron chi connectivity index (χ1n) is 7.22. The second kappa shape index (κ2) is 4.76. The van der Waals surface area contributed by atoms with Crippen molar-refractivity contribution in [3.63, 3.8) is 0 Å². The second-order valence-corrected chi connectivity index (χ2v) is 5.85. The molecule has 1 aromatic rings. The van der Waals surface area contributed by atoms with Gasteiger partial charge in [-0.1, -0.05) is 6.42 Å². The molecule has 1 N–H and O–H groups in total. The summed E-state index contributed by atoms with van der Waals surface area (Å²) in [6.45, 7) is 0. The van der Waals surface area contributed by atoms with Gasteiger partial charge in [0.15, 0.2) is 0 Å². The van der Waals surface area contributed by atoms with Gasteiger partial charge in [-0.2, -0.15) is 0 Å². The van der Waals surface area contributed by atoms with Crippen molar-refractivity contribution in [2.75, 3.05) is 7.11 Å². The molecule has 0 radical (unpaired) electrons. The van der Waals surface area contributed by atoms with E-state index in [1.165, 1.54) is 0 Å². The molecule has 20 heavy (non-hydrogen) atoms. The third kappa shape index (κ3) is 1.74. The van der Waals surface area contributed by atoms with E-state index in [2.05, 4.69) is 0 Å². The average molecular weight is 278 g/mol. The highest BCUT2D eigenvalue weighted by Crippen LogP contribution is 2.48. The van der Waals surface area contributed by atoms with Crippen molar-refractivity contribution < 1.29 is 19.0 Å². The molecular weight excluding hydrogens is 259 g/mol. The molecule has 1 fully saturated rings. The number of hydrogen-bond acceptors (Lipinski definition) is 2. The smallest absolute Gasteiger partial charge is 0.314 e. The molecule has 3 nitrogen and oxygen atoms in total. The summed E-state index contributed by atoms with van der Waals surface area (Å²) in [5, 5.41) is 9.52. The highest BCUT2D eigenvalue weighted by Gasteiger charge is 2.48. The molecule has 4 heteroatoms. The minimum atomic E-state index is -1.04. The Morgan fingerprint density at radius 3 is 2.40 bits per heavy atom. The molecular formula is C16H19FO3. The molecule has 0 aromatic heterocycles. The summed E-state index contributed by atoms with van der Waals surface area (Å²) >= 11 is 0. The first kappa shape index (κ1) is 13.4. The molecule has 1 saturated carbocycles. The maximum atomic E-state index is 14.8. The lowest BCUT2D eigenvalue weighted by Crippen LogP contribution is -2.43. The van der Waals surface area contributed by atoms with Crippen LogP contribution in [0, 0.1) is 5.82 Å². The highest BCUT2D eigenvalue weighted by atomic mass is 19.1. The van der Waals surface area contributed by atoms with Crippen LogP contribution in [0.5, 0.6) is 5.75 Å². The van der Waals surface area contributed by atoms with E-state index in [4.69, 9.17) is 4.74 Å². The van der Waals surface area contributed by atoms with Gasteiger partial charge in [0.1, 0.15) is 11.6 Å². The standard InChI is InChI=1S/C16H19FO3/c1-20-13-9-12(16(15(18)19)7-4-8-16)14(17)11-6-3-2-5-10(11)13/h9H,2-8H2,1H3,(H,18,19). The summed E-state index contributed by atoms with van der Waals surface area (Å²) in [7, 11) is 1.57. The van der Waals surface area contributed by atoms with Crippen LogP contribution >= 0.6 is 0 Å². The summed E-state index contributed by atoms with van der Waals surface area (Å²) < 4.78 is 20.2. The summed E-state index contributed by atoms with van der Waals surface area (Å²) in [5.74, 6) is -0.563. The molecule has 0 aliphatic heterocycles. The lowest BCUT2D eigenvalue weighted by atomic mass is 9.63. The van der Waals surface area contributed by atoms with Crippen LogP contribution in [0.1, 0.15) is 48.8 Å². The number of carbonyl (C=O) groups is 1. The Bertz CT molecular complexity index is 561. The molecule has 0 unspecified atom stereocenters. The first-order chi connectivity index (χ1) is 9.60. The van der Waals surface area contributed by atoms with Crippen LogP contribution in [0.2, 0.25) is 0 Å². The van der Waals surface area contributed by atoms with E-state index in [1.807, 2.05) is 0 Å². The summed E-state index contributed by atoms with van der Waals surface area (Å²) in [5.41, 5.74) is 0.899. The van der Waals surface area contributed by atoms with Gasteiger partial charge in [0, 0.05) is 11.1 Å². The van der Waals surface area contributed by atoms with Crippen LogP contribution in [0.3, 0.4) is 0 Å². The van der Waals surface area contributed by atoms with Crippen molar-refractivity contribution >= 4 is 5.97 Å². The van der Waals surface area contributed by atoms with Gasteiger partial charge in [-0.3, -0.25) is 4.79 Å². The Balaban J connectivity index is 2.19. The van der Waals surface area contributed by atoms with E-state index in [1.54, 1.807) is 13.2 Å². The van der Waals surface area contributed by atoms with Gasteiger partial charge in [0.2, 0.25) is 0 Å². The Hall–Kier alpha value is -1.58. The normalized spacial score (nSPS) is 19.9. The summed E-state index contributed by atoms with van der Waals surface area (Å²) in [6.07, 6.45) is 5.35. The predicted molar refractivity (Wildman–Crippen MR) is 72.8 cm³/mol. The molecule has 2 aliphatic rings. The van der Waals surface area contributed by atoms with Gasteiger partial charge in [-0.15, -0.1) is 0 Å². The van der Waals surface area contributed by atoms with Crippen molar-refractivity contribution in [3.05, 3.63) is 28.6 Å². The van der Waals surface area contributed by atoms with Crippen molar-refractivity contribution in [2.45, 2.75) is 50.4 Å². The van der Waals surface area contributed by atoms with Gasteiger partial charge < -0.3 is 9.84 Å². The Labute approximate surface area is 117 Å². The zero-order chi connectivity index (χ0) is 14.3. The number of benzene rings is 1. The summed E-state index contributed by atoms with van der Waals surface area (Å²) in [6, 6.07) is 1.63. The van der Waals surface area contributed by atoms with Crippen molar-refractivity contribution in [2.24, 2.45) is 0 Å². The van der Waals surface area contributed by atoms with Crippen LogP contribution < -0.4 is 4.74 Å². The molecule has 0 atom stereocenters. The molecule has 0 saturated heterocycles. The molecule has 108 valence electrons. The topological polar surface area (TPSA) is 46.5 Å². The molecule has 0 spiro atoms. The van der Waals surface area contributed by atoms with Gasteiger partial charge in [0.25, 0.3) is 0 Å². The number of hydrogen-bond donors (Lipinski definition) is 1. The molecule has 2 aliphatic carbocycles. The minimum Gasteiger partial charge on any atom is -0.496 e. The number of fused-ring (bicyclic) bond motifs is 1. The molecule has 0 heterocycles. The molecule has 1 aromatic carbocycles. The van der Waals surface area contributed by atoms with E-state index in [0.717, 1.165) is 31.2 Å². The fourth-order valence-electron chi connectivity index (χ4n) is 3.52. The number of rotatable bonds is 3. The van der Waals surface area contributed by atoms with Crippen molar-refractivity contribution in [1.82, 2.24) is 0 Å². The molecule has 0 amide bonds. The van der Waals surface area contributed by atoms with Crippen molar-refractivity contribution in [3.8, 4) is 5.75 Å². The van der Waals surface area contributed by atoms with Gasteiger partial charge >= 0.3 is 5.97 Å². The average Bonchev–Trinajstić information content (AvgIpc) is 2.40. The Morgan fingerprint density at radius 2 is 1.90 bits per heavy atom. The largest absolute Gasteiger partial charge is 0.496 e. The van der Waals surface area contributed by atoms with E-state index < -0.39 is 11.4 Å². The number of carboxylic acid groups (broad SMARTS) is 1. The zero-order valence-electron chi connectivity index (χ0n) is 11.7. The molecule has 0 bridgehead atoms. The van der Waals surface area contributed by atoms with Gasteiger partial charge in [-0.25, -0.2) is 4.39 Å². The van der Waals surface area contributed by atoms with Gasteiger partial charge in [0.05, 0.1) is 12.5 Å². The fraction of sp³-hybridized carbons (Fsp3) is 0.562. The number of methoxy groups -OCH3 is 1. The van der Waals surface area contributed by atoms with E-state index in [9.17, 15) is 14.3 Å². The first-order valence-corrected chi connectivity index (χ1v) is 7.22. The van der Waals surface area contributed by atoms with Crippen LogP contribution in [-0.4, -0.2) is 18.2 Å². The third-order valence-electron chi connectivity index (χ3n) is 4.89. The summed E-state index contributed by atoms with van der Waals surface area (Å²) in [4.78, 5) is 11.6. The number of aliphatic carboxylic acids is 1. The number of carboxylic acids is 1. The monoisotopic (exact) mass is 278 g/mol. The van der Waals surface area contributed by atoms with Crippen LogP contribution in [0.4, 0.5) is 4.39 Å². The predicted octanol–water partition coefficient (Wildman–Crippen LogP) is 3.22. The van der Waals surface area contributed by atoms with Crippen LogP contribution in [0.15, 0.2) is 6.07 Å². The second-order valence-electron chi connectivity index (χ2n) is 5.85. The quantitative estimate of drug-likeness (QED) is 0.923. The van der Waals surface area contributed by atoms with Crippen LogP contribution in [-0.2, 0) is 23.1 Å². The Morgan fingerprint density at radius 1 is 1.25 bits per heavy atom. The number of halogens is 1. The minimum absolute atomic E-state index is 0.303. The highest BCUT2D eigenvalue weighted by molar-refractivity contribution is 5.83. The lowest BCUT2D eigenvalue weighted by molar-refractivity contribution is -0.147. The van der Waals surface area contributed by atoms with Gasteiger partial charge in [-0.05, 0) is 50.2 Å². The van der Waals surface area contributed by atoms with E-state index >= 15 is 0 Å².